The summed E-state index contributed by atoms with van der Waals surface area (Å²) in [6, 6.07) is 68.3. The standard InChI is InChI=1S/C56H40N6/c1-56(2)49-16-10-9-15-45(49)46-27-26-44(34-50(46)56)61(43-24-19-38(20-25-43)55-58-35-57-36-59-55)42-22-17-37(18-23-42)39-21-28-52-48(33-39)54-47-31-32-60(40-11-5-3-6-12-40)51(47)29-30-53(54)62(52)41-13-7-4-8-14-41/h3-36H,1-2H3. The van der Waals surface area contributed by atoms with Gasteiger partial charge in [-0.05, 0) is 137 Å². The van der Waals surface area contributed by atoms with Gasteiger partial charge in [0.2, 0.25) is 0 Å². The van der Waals surface area contributed by atoms with Crippen LogP contribution in [0.1, 0.15) is 25.0 Å². The summed E-state index contributed by atoms with van der Waals surface area (Å²) < 4.78 is 4.69. The van der Waals surface area contributed by atoms with Crippen LogP contribution in [0.4, 0.5) is 17.1 Å². The number of aromatic nitrogens is 5. The van der Waals surface area contributed by atoms with Crippen molar-refractivity contribution in [3.63, 3.8) is 0 Å². The number of para-hydroxylation sites is 2. The molecular weight excluding hydrogens is 757 g/mol. The fourth-order valence-corrected chi connectivity index (χ4v) is 9.81. The van der Waals surface area contributed by atoms with E-state index in [9.17, 15) is 0 Å². The van der Waals surface area contributed by atoms with Gasteiger partial charge in [0.25, 0.3) is 0 Å². The molecule has 12 rings (SSSR count). The Balaban J connectivity index is 0.985. The van der Waals surface area contributed by atoms with Crippen molar-refractivity contribution in [2.24, 2.45) is 0 Å². The lowest BCUT2D eigenvalue weighted by atomic mass is 9.82. The fourth-order valence-electron chi connectivity index (χ4n) is 9.81. The largest absolute Gasteiger partial charge is 0.317 e. The minimum Gasteiger partial charge on any atom is -0.317 e. The van der Waals surface area contributed by atoms with E-state index in [4.69, 9.17) is 0 Å². The van der Waals surface area contributed by atoms with E-state index in [-0.39, 0.29) is 5.41 Å². The maximum Gasteiger partial charge on any atom is 0.162 e. The Morgan fingerprint density at radius 3 is 1.79 bits per heavy atom. The molecule has 6 nitrogen and oxygen atoms in total. The monoisotopic (exact) mass is 796 g/mol. The van der Waals surface area contributed by atoms with Gasteiger partial charge in [-0.2, -0.15) is 0 Å². The Kier molecular flexibility index (Phi) is 8.09. The molecule has 6 heteroatoms. The van der Waals surface area contributed by atoms with Crippen molar-refractivity contribution >= 4 is 49.8 Å². The topological polar surface area (TPSA) is 51.8 Å². The lowest BCUT2D eigenvalue weighted by Gasteiger charge is -2.28. The van der Waals surface area contributed by atoms with Gasteiger partial charge in [-0.15, -0.1) is 0 Å². The Morgan fingerprint density at radius 1 is 0.452 bits per heavy atom. The van der Waals surface area contributed by atoms with E-state index < -0.39 is 0 Å². The molecule has 0 unspecified atom stereocenters. The summed E-state index contributed by atoms with van der Waals surface area (Å²) in [5.74, 6) is 0.651. The third-order valence-corrected chi connectivity index (χ3v) is 12.8. The fraction of sp³-hybridized carbons (Fsp3) is 0.0536. The maximum absolute atomic E-state index is 4.40. The summed E-state index contributed by atoms with van der Waals surface area (Å²) in [6.07, 6.45) is 5.27. The zero-order valence-corrected chi connectivity index (χ0v) is 34.3. The minimum absolute atomic E-state index is 0.127. The van der Waals surface area contributed by atoms with Gasteiger partial charge < -0.3 is 14.0 Å². The molecular formula is C56H40N6. The first-order chi connectivity index (χ1) is 30.5. The minimum atomic E-state index is -0.127. The Morgan fingerprint density at radius 2 is 1.05 bits per heavy atom. The SMILES string of the molecule is CC1(C)c2ccccc2-c2ccc(N(c3ccc(-c4ccc5c(c4)c4c6ccn(-c7ccccc7)c6ccc4n5-c4ccccc4)cc3)c3ccc(-c4ncncn4)cc3)cc21. The van der Waals surface area contributed by atoms with Crippen molar-refractivity contribution in [2.75, 3.05) is 4.90 Å². The second-order valence-electron chi connectivity index (χ2n) is 16.6. The van der Waals surface area contributed by atoms with E-state index in [1.54, 1.807) is 0 Å². The highest BCUT2D eigenvalue weighted by Gasteiger charge is 2.35. The molecule has 0 saturated heterocycles. The molecule has 0 fully saturated rings. The van der Waals surface area contributed by atoms with E-state index in [2.05, 4.69) is 237 Å². The van der Waals surface area contributed by atoms with Crippen LogP contribution >= 0.6 is 0 Å². The quantitative estimate of drug-likeness (QED) is 0.161. The van der Waals surface area contributed by atoms with Crippen LogP contribution in [0.15, 0.2) is 207 Å². The van der Waals surface area contributed by atoms with E-state index in [1.165, 1.54) is 73.2 Å². The smallest absolute Gasteiger partial charge is 0.162 e. The molecule has 0 saturated carbocycles. The van der Waals surface area contributed by atoms with Crippen molar-refractivity contribution in [3.8, 4) is 45.0 Å². The third kappa shape index (κ3) is 5.61. The number of anilines is 3. The molecule has 1 aliphatic carbocycles. The number of nitrogens with zero attached hydrogens (tertiary/aromatic N) is 6. The summed E-state index contributed by atoms with van der Waals surface area (Å²) in [5, 5.41) is 3.71. The highest BCUT2D eigenvalue weighted by molar-refractivity contribution is 6.21. The van der Waals surface area contributed by atoms with Crippen molar-refractivity contribution in [1.29, 1.82) is 0 Å². The first-order valence-electron chi connectivity index (χ1n) is 21.1. The first-order valence-corrected chi connectivity index (χ1v) is 21.1. The summed E-state index contributed by atoms with van der Waals surface area (Å²) in [4.78, 5) is 15.2. The summed E-state index contributed by atoms with van der Waals surface area (Å²) >= 11 is 0. The number of fused-ring (bicyclic) bond motifs is 8. The van der Waals surface area contributed by atoms with Crippen LogP contribution in [0.5, 0.6) is 0 Å². The van der Waals surface area contributed by atoms with E-state index in [1.807, 2.05) is 0 Å². The molecule has 0 atom stereocenters. The van der Waals surface area contributed by atoms with Crippen molar-refractivity contribution in [3.05, 3.63) is 218 Å². The van der Waals surface area contributed by atoms with Crippen molar-refractivity contribution in [1.82, 2.24) is 24.1 Å². The predicted molar refractivity (Wildman–Crippen MR) is 254 cm³/mol. The highest BCUT2D eigenvalue weighted by atomic mass is 15.1. The highest BCUT2D eigenvalue weighted by Crippen LogP contribution is 2.51. The van der Waals surface area contributed by atoms with Crippen molar-refractivity contribution < 1.29 is 0 Å². The number of hydrogen-bond donors (Lipinski definition) is 0. The van der Waals surface area contributed by atoms with Gasteiger partial charge in [-0.1, -0.05) is 98.8 Å². The molecule has 3 heterocycles. The Bertz CT molecular complexity index is 3460. The second kappa shape index (κ2) is 14.0. The molecule has 62 heavy (non-hydrogen) atoms. The summed E-state index contributed by atoms with van der Waals surface area (Å²) in [5.41, 5.74) is 17.5. The molecule has 11 aromatic rings. The average Bonchev–Trinajstić information content (AvgIpc) is 3.98. The summed E-state index contributed by atoms with van der Waals surface area (Å²) in [6.45, 7) is 4.67. The van der Waals surface area contributed by atoms with Gasteiger partial charge >= 0.3 is 0 Å². The van der Waals surface area contributed by atoms with Gasteiger partial charge in [0, 0.05) is 61.8 Å². The zero-order chi connectivity index (χ0) is 41.4. The van der Waals surface area contributed by atoms with Crippen molar-refractivity contribution in [2.45, 2.75) is 19.3 Å². The molecule has 0 N–H and O–H groups in total. The van der Waals surface area contributed by atoms with Crippen LogP contribution in [-0.4, -0.2) is 24.1 Å². The zero-order valence-electron chi connectivity index (χ0n) is 34.3. The van der Waals surface area contributed by atoms with Crippen LogP contribution < -0.4 is 4.90 Å². The Labute approximate surface area is 359 Å². The number of hydrogen-bond acceptors (Lipinski definition) is 4. The van der Waals surface area contributed by atoms with E-state index >= 15 is 0 Å². The average molecular weight is 797 g/mol. The molecule has 8 aromatic carbocycles. The number of rotatable bonds is 7. The first kappa shape index (κ1) is 35.8. The molecule has 0 amide bonds. The summed E-state index contributed by atoms with van der Waals surface area (Å²) in [7, 11) is 0. The van der Waals surface area contributed by atoms with Gasteiger partial charge in [0.1, 0.15) is 12.7 Å². The Hall–Kier alpha value is -8.09. The molecule has 294 valence electrons. The van der Waals surface area contributed by atoms with Gasteiger partial charge in [0.15, 0.2) is 5.82 Å². The molecule has 1 aliphatic rings. The molecule has 0 spiro atoms. The van der Waals surface area contributed by atoms with Crippen LogP contribution in [0.2, 0.25) is 0 Å². The van der Waals surface area contributed by atoms with Gasteiger partial charge in [-0.3, -0.25) is 0 Å². The number of benzene rings is 8. The lowest BCUT2D eigenvalue weighted by molar-refractivity contribution is 0.660. The second-order valence-corrected chi connectivity index (χ2v) is 16.6. The van der Waals surface area contributed by atoms with Crippen LogP contribution in [-0.2, 0) is 5.41 Å². The van der Waals surface area contributed by atoms with Gasteiger partial charge in [0.05, 0.1) is 16.6 Å². The molecule has 0 aliphatic heterocycles. The van der Waals surface area contributed by atoms with Crippen LogP contribution in [0.3, 0.4) is 0 Å². The third-order valence-electron chi connectivity index (χ3n) is 12.8. The van der Waals surface area contributed by atoms with E-state index in [0.29, 0.717) is 5.82 Å². The lowest BCUT2D eigenvalue weighted by Crippen LogP contribution is -2.16. The molecule has 0 bridgehead atoms. The predicted octanol–water partition coefficient (Wildman–Crippen LogP) is 14.0. The maximum atomic E-state index is 4.40. The molecule has 3 aromatic heterocycles. The molecule has 0 radical (unpaired) electrons. The van der Waals surface area contributed by atoms with Crippen LogP contribution in [0, 0.1) is 0 Å². The van der Waals surface area contributed by atoms with Gasteiger partial charge in [-0.25, -0.2) is 15.0 Å². The van der Waals surface area contributed by atoms with E-state index in [0.717, 1.165) is 39.6 Å². The normalized spacial score (nSPS) is 12.8. The van der Waals surface area contributed by atoms with Crippen LogP contribution in [0.25, 0.3) is 77.7 Å².